The van der Waals surface area contributed by atoms with Gasteiger partial charge in [-0.05, 0) is 37.5 Å². The van der Waals surface area contributed by atoms with Crippen molar-refractivity contribution in [1.82, 2.24) is 0 Å². The highest BCUT2D eigenvalue weighted by Gasteiger charge is 2.20. The Hall–Kier alpha value is -0.930. The van der Waals surface area contributed by atoms with Crippen molar-refractivity contribution in [3.63, 3.8) is 0 Å². The standard InChI is InChI=1S/C12H18FNO/c1-8-4-5-9(12(2,3)13)6-10(8)11(14)7-15/h4-6,11,15H,7,14H2,1-3H3. The zero-order valence-corrected chi connectivity index (χ0v) is 9.42. The Morgan fingerprint density at radius 1 is 1.47 bits per heavy atom. The van der Waals surface area contributed by atoms with E-state index in [1.54, 1.807) is 12.1 Å². The highest BCUT2D eigenvalue weighted by molar-refractivity contribution is 5.35. The molecule has 0 fully saturated rings. The summed E-state index contributed by atoms with van der Waals surface area (Å²) in [7, 11) is 0. The van der Waals surface area contributed by atoms with Crippen molar-refractivity contribution in [3.8, 4) is 0 Å². The molecule has 0 aliphatic heterocycles. The molecule has 0 radical (unpaired) electrons. The normalized spacial score (nSPS) is 14.0. The van der Waals surface area contributed by atoms with Gasteiger partial charge in [0.25, 0.3) is 0 Å². The topological polar surface area (TPSA) is 46.2 Å². The molecule has 0 amide bonds. The van der Waals surface area contributed by atoms with E-state index in [1.165, 1.54) is 13.8 Å². The molecule has 1 aromatic rings. The Morgan fingerprint density at radius 3 is 2.53 bits per heavy atom. The van der Waals surface area contributed by atoms with E-state index in [0.29, 0.717) is 5.56 Å². The third kappa shape index (κ3) is 2.76. The average Bonchev–Trinajstić information content (AvgIpc) is 2.15. The Balaban J connectivity index is 3.17. The molecule has 3 heteroatoms. The summed E-state index contributed by atoms with van der Waals surface area (Å²) in [6, 6.07) is 4.88. The van der Waals surface area contributed by atoms with Crippen LogP contribution in [-0.2, 0) is 5.67 Å². The lowest BCUT2D eigenvalue weighted by Gasteiger charge is -2.19. The highest BCUT2D eigenvalue weighted by atomic mass is 19.1. The summed E-state index contributed by atoms with van der Waals surface area (Å²) in [6.45, 7) is 4.79. The van der Waals surface area contributed by atoms with Crippen LogP contribution in [0.1, 0.15) is 36.6 Å². The van der Waals surface area contributed by atoms with Gasteiger partial charge in [-0.2, -0.15) is 0 Å². The fraction of sp³-hybridized carbons (Fsp3) is 0.500. The van der Waals surface area contributed by atoms with Crippen LogP contribution in [0.15, 0.2) is 18.2 Å². The van der Waals surface area contributed by atoms with Crippen LogP contribution in [0, 0.1) is 6.92 Å². The molecular formula is C12H18FNO. The van der Waals surface area contributed by atoms with E-state index in [4.69, 9.17) is 10.8 Å². The van der Waals surface area contributed by atoms with E-state index in [0.717, 1.165) is 11.1 Å². The van der Waals surface area contributed by atoms with Gasteiger partial charge >= 0.3 is 0 Å². The van der Waals surface area contributed by atoms with Crippen LogP contribution < -0.4 is 5.73 Å². The summed E-state index contributed by atoms with van der Waals surface area (Å²) in [5, 5.41) is 8.99. The van der Waals surface area contributed by atoms with Crippen LogP contribution in [0.5, 0.6) is 0 Å². The first kappa shape index (κ1) is 12.1. The average molecular weight is 211 g/mol. The van der Waals surface area contributed by atoms with Crippen molar-refractivity contribution in [2.45, 2.75) is 32.5 Å². The third-order valence-electron chi connectivity index (χ3n) is 2.56. The van der Waals surface area contributed by atoms with Crippen molar-refractivity contribution in [2.75, 3.05) is 6.61 Å². The first-order valence-electron chi connectivity index (χ1n) is 5.02. The third-order valence-corrected chi connectivity index (χ3v) is 2.56. The smallest absolute Gasteiger partial charge is 0.130 e. The van der Waals surface area contributed by atoms with Gasteiger partial charge in [0.2, 0.25) is 0 Å². The number of hydrogen-bond acceptors (Lipinski definition) is 2. The lowest BCUT2D eigenvalue weighted by Crippen LogP contribution is -2.18. The van der Waals surface area contributed by atoms with Gasteiger partial charge in [-0.15, -0.1) is 0 Å². The number of aryl methyl sites for hydroxylation is 1. The Kier molecular flexibility index (Phi) is 3.47. The van der Waals surface area contributed by atoms with Crippen LogP contribution in [0.3, 0.4) is 0 Å². The lowest BCUT2D eigenvalue weighted by atomic mass is 9.93. The number of rotatable bonds is 3. The van der Waals surface area contributed by atoms with Crippen LogP contribution in [0.2, 0.25) is 0 Å². The van der Waals surface area contributed by atoms with Crippen molar-refractivity contribution in [2.24, 2.45) is 5.73 Å². The van der Waals surface area contributed by atoms with E-state index >= 15 is 0 Å². The molecule has 0 heterocycles. The number of aliphatic hydroxyl groups is 1. The molecule has 1 atom stereocenters. The van der Waals surface area contributed by atoms with Crippen molar-refractivity contribution in [1.29, 1.82) is 0 Å². The van der Waals surface area contributed by atoms with Gasteiger partial charge in [0.05, 0.1) is 12.6 Å². The Bertz CT molecular complexity index is 344. The summed E-state index contributed by atoms with van der Waals surface area (Å²) >= 11 is 0. The van der Waals surface area contributed by atoms with Gasteiger partial charge in [0.1, 0.15) is 5.67 Å². The molecule has 0 spiro atoms. The van der Waals surface area contributed by atoms with Gasteiger partial charge in [0.15, 0.2) is 0 Å². The molecule has 2 nitrogen and oxygen atoms in total. The predicted octanol–water partition coefficient (Wildman–Crippen LogP) is 2.19. The monoisotopic (exact) mass is 211 g/mol. The maximum atomic E-state index is 13.7. The number of halogens is 1. The highest BCUT2D eigenvalue weighted by Crippen LogP contribution is 2.28. The summed E-state index contributed by atoms with van der Waals surface area (Å²) in [6.07, 6.45) is 0. The lowest BCUT2D eigenvalue weighted by molar-refractivity contribution is 0.220. The minimum Gasteiger partial charge on any atom is -0.394 e. The maximum Gasteiger partial charge on any atom is 0.130 e. The molecule has 15 heavy (non-hydrogen) atoms. The number of hydrogen-bond donors (Lipinski definition) is 2. The van der Waals surface area contributed by atoms with E-state index in [2.05, 4.69) is 0 Å². The van der Waals surface area contributed by atoms with Crippen LogP contribution >= 0.6 is 0 Å². The quantitative estimate of drug-likeness (QED) is 0.805. The molecule has 0 aliphatic carbocycles. The van der Waals surface area contributed by atoms with Gasteiger partial charge in [-0.25, -0.2) is 4.39 Å². The number of alkyl halides is 1. The molecule has 0 saturated heterocycles. The van der Waals surface area contributed by atoms with E-state index < -0.39 is 11.7 Å². The van der Waals surface area contributed by atoms with Crippen molar-refractivity contribution >= 4 is 0 Å². The molecule has 1 rings (SSSR count). The van der Waals surface area contributed by atoms with Gasteiger partial charge < -0.3 is 10.8 Å². The van der Waals surface area contributed by atoms with E-state index in [1.807, 2.05) is 13.0 Å². The zero-order chi connectivity index (χ0) is 11.6. The molecule has 0 saturated carbocycles. The fourth-order valence-electron chi connectivity index (χ4n) is 1.51. The molecule has 0 aliphatic rings. The van der Waals surface area contributed by atoms with Crippen LogP contribution in [-0.4, -0.2) is 11.7 Å². The fourth-order valence-corrected chi connectivity index (χ4v) is 1.51. The second kappa shape index (κ2) is 4.29. The van der Waals surface area contributed by atoms with Gasteiger partial charge in [-0.1, -0.05) is 18.2 Å². The minimum atomic E-state index is -1.38. The number of benzene rings is 1. The Morgan fingerprint density at radius 2 is 2.07 bits per heavy atom. The molecule has 0 bridgehead atoms. The first-order valence-corrected chi connectivity index (χ1v) is 5.02. The van der Waals surface area contributed by atoms with Crippen molar-refractivity contribution in [3.05, 3.63) is 34.9 Å². The molecule has 1 unspecified atom stereocenters. The second-order valence-electron chi connectivity index (χ2n) is 4.33. The Labute approximate surface area is 89.9 Å². The molecule has 84 valence electrons. The SMILES string of the molecule is Cc1ccc(C(C)(C)F)cc1C(N)CO. The minimum absolute atomic E-state index is 0.128. The van der Waals surface area contributed by atoms with Gasteiger partial charge in [-0.3, -0.25) is 0 Å². The summed E-state index contributed by atoms with van der Waals surface area (Å²) in [5.41, 5.74) is 6.73. The van der Waals surface area contributed by atoms with E-state index in [-0.39, 0.29) is 6.61 Å². The number of nitrogens with two attached hydrogens (primary N) is 1. The van der Waals surface area contributed by atoms with E-state index in [9.17, 15) is 4.39 Å². The largest absolute Gasteiger partial charge is 0.394 e. The first-order chi connectivity index (χ1) is 6.86. The predicted molar refractivity (Wildman–Crippen MR) is 59.3 cm³/mol. The maximum absolute atomic E-state index is 13.7. The molecule has 0 aromatic heterocycles. The number of aliphatic hydroxyl groups excluding tert-OH is 1. The summed E-state index contributed by atoms with van der Waals surface area (Å²) in [5.74, 6) is 0. The van der Waals surface area contributed by atoms with Crippen molar-refractivity contribution < 1.29 is 9.50 Å². The summed E-state index contributed by atoms with van der Waals surface area (Å²) in [4.78, 5) is 0. The molecule has 3 N–H and O–H groups in total. The zero-order valence-electron chi connectivity index (χ0n) is 9.42. The summed E-state index contributed by atoms with van der Waals surface area (Å²) < 4.78 is 13.7. The van der Waals surface area contributed by atoms with Crippen LogP contribution in [0.25, 0.3) is 0 Å². The molecule has 1 aromatic carbocycles. The van der Waals surface area contributed by atoms with Crippen LogP contribution in [0.4, 0.5) is 4.39 Å². The molecular weight excluding hydrogens is 193 g/mol. The second-order valence-corrected chi connectivity index (χ2v) is 4.33. The van der Waals surface area contributed by atoms with Gasteiger partial charge in [0, 0.05) is 0 Å².